The number of imidazole rings is 1. The van der Waals surface area contributed by atoms with Crippen molar-refractivity contribution in [2.75, 3.05) is 25.1 Å². The molecule has 0 bridgehead atoms. The molecule has 1 atom stereocenters. The third-order valence-corrected chi connectivity index (χ3v) is 4.68. The lowest BCUT2D eigenvalue weighted by Crippen LogP contribution is -2.43. The van der Waals surface area contributed by atoms with E-state index in [0.717, 1.165) is 24.3 Å². The number of guanidine groups is 1. The first-order valence-corrected chi connectivity index (χ1v) is 10.6. The Morgan fingerprint density at radius 1 is 1.40 bits per heavy atom. The Balaban J connectivity index is 1.89. The highest BCUT2D eigenvalue weighted by Crippen LogP contribution is 2.05. The summed E-state index contributed by atoms with van der Waals surface area (Å²) in [6.45, 7) is 5.32. The minimum absolute atomic E-state index is 0.0303. The van der Waals surface area contributed by atoms with Crippen LogP contribution in [-0.4, -0.2) is 54.9 Å². The van der Waals surface area contributed by atoms with Crippen molar-refractivity contribution < 1.29 is 8.42 Å². The van der Waals surface area contributed by atoms with Crippen molar-refractivity contribution in [3.63, 3.8) is 0 Å². The molecule has 0 aromatic carbocycles. The molecule has 7 nitrogen and oxygen atoms in total. The maximum Gasteiger partial charge on any atom is 0.191 e. The first-order valence-electron chi connectivity index (χ1n) is 8.52. The molecule has 2 aromatic rings. The third-order valence-electron chi connectivity index (χ3n) is 3.70. The summed E-state index contributed by atoms with van der Waals surface area (Å²) in [6.07, 6.45) is 6.55. The summed E-state index contributed by atoms with van der Waals surface area (Å²) in [5, 5.41) is 6.44. The normalized spacial score (nSPS) is 13.8. The molecule has 2 aromatic heterocycles. The number of sulfone groups is 1. The molecule has 0 aliphatic rings. The predicted octanol–water partition coefficient (Wildman–Crippen LogP) is 1.26. The molecule has 1 unspecified atom stereocenters. The van der Waals surface area contributed by atoms with Crippen molar-refractivity contribution in [1.29, 1.82) is 0 Å². The maximum absolute atomic E-state index is 11.3. The maximum atomic E-state index is 11.3. The molecule has 2 N–H and O–H groups in total. The first-order chi connectivity index (χ1) is 11.9. The molecule has 8 heteroatoms. The van der Waals surface area contributed by atoms with Crippen molar-refractivity contribution in [1.82, 2.24) is 20.0 Å². The number of aliphatic imine (C=N–C) groups is 1. The van der Waals surface area contributed by atoms with Gasteiger partial charge in [0.05, 0.1) is 11.4 Å². The zero-order valence-corrected chi connectivity index (χ0v) is 15.9. The highest BCUT2D eigenvalue weighted by atomic mass is 32.2. The largest absolute Gasteiger partial charge is 0.357 e. The number of fused-ring (bicyclic) bond motifs is 1. The van der Waals surface area contributed by atoms with Gasteiger partial charge in [-0.2, -0.15) is 0 Å². The molecule has 0 amide bonds. The van der Waals surface area contributed by atoms with Gasteiger partial charge in [0.15, 0.2) is 5.96 Å². The number of hydrogen-bond acceptors (Lipinski definition) is 4. The minimum atomic E-state index is -2.94. The Hall–Kier alpha value is -2.09. The van der Waals surface area contributed by atoms with Crippen LogP contribution in [0.3, 0.4) is 0 Å². The highest BCUT2D eigenvalue weighted by Gasteiger charge is 2.09. The molecular weight excluding hydrogens is 338 g/mol. The third kappa shape index (κ3) is 6.74. The van der Waals surface area contributed by atoms with E-state index in [1.54, 1.807) is 0 Å². The standard InChI is InChI=1S/C17H27N5O2S/c1-4-18-17(20-14(2)9-12-25(3,23)24)19-10-8-15-13-22-11-6-5-7-16(22)21-15/h5-7,11,13-14H,4,8-10,12H2,1-3H3,(H2,18,19,20). The SMILES string of the molecule is CCNC(=NCCc1cn2ccccc2n1)NC(C)CCS(C)(=O)=O. The van der Waals surface area contributed by atoms with E-state index in [2.05, 4.69) is 20.6 Å². The smallest absolute Gasteiger partial charge is 0.191 e. The molecule has 2 heterocycles. The van der Waals surface area contributed by atoms with Crippen LogP contribution in [-0.2, 0) is 16.3 Å². The van der Waals surface area contributed by atoms with E-state index in [4.69, 9.17) is 0 Å². The van der Waals surface area contributed by atoms with E-state index in [0.29, 0.717) is 18.9 Å². The number of hydrogen-bond donors (Lipinski definition) is 2. The molecule has 25 heavy (non-hydrogen) atoms. The number of pyridine rings is 1. The molecule has 138 valence electrons. The van der Waals surface area contributed by atoms with Gasteiger partial charge in [-0.05, 0) is 32.4 Å². The summed E-state index contributed by atoms with van der Waals surface area (Å²) in [4.78, 5) is 9.12. The van der Waals surface area contributed by atoms with Gasteiger partial charge in [-0.3, -0.25) is 4.99 Å². The summed E-state index contributed by atoms with van der Waals surface area (Å²) < 4.78 is 24.5. The molecule has 0 radical (unpaired) electrons. The lowest BCUT2D eigenvalue weighted by molar-refractivity contribution is 0.581. The van der Waals surface area contributed by atoms with E-state index in [1.165, 1.54) is 6.26 Å². The van der Waals surface area contributed by atoms with Gasteiger partial charge >= 0.3 is 0 Å². The second kappa shape index (κ2) is 8.84. The van der Waals surface area contributed by atoms with Crippen molar-refractivity contribution in [3.8, 4) is 0 Å². The van der Waals surface area contributed by atoms with Crippen LogP contribution in [0, 0.1) is 0 Å². The Kier molecular flexibility index (Phi) is 6.81. The van der Waals surface area contributed by atoms with Gasteiger partial charge < -0.3 is 15.0 Å². The van der Waals surface area contributed by atoms with E-state index in [1.807, 2.05) is 48.8 Å². The van der Waals surface area contributed by atoms with Gasteiger partial charge in [0.25, 0.3) is 0 Å². The molecule has 0 aliphatic carbocycles. The molecule has 0 aliphatic heterocycles. The van der Waals surface area contributed by atoms with E-state index in [9.17, 15) is 8.42 Å². The van der Waals surface area contributed by atoms with Crippen LogP contribution in [0.5, 0.6) is 0 Å². The predicted molar refractivity (Wildman–Crippen MR) is 102 cm³/mol. The van der Waals surface area contributed by atoms with Gasteiger partial charge in [-0.15, -0.1) is 0 Å². The van der Waals surface area contributed by atoms with Crippen LogP contribution in [0.4, 0.5) is 0 Å². The summed E-state index contributed by atoms with van der Waals surface area (Å²) in [6, 6.07) is 5.95. The van der Waals surface area contributed by atoms with E-state index >= 15 is 0 Å². The van der Waals surface area contributed by atoms with Crippen LogP contribution in [0.25, 0.3) is 5.65 Å². The fraction of sp³-hybridized carbons (Fsp3) is 0.529. The second-order valence-electron chi connectivity index (χ2n) is 6.17. The zero-order valence-electron chi connectivity index (χ0n) is 15.1. The Labute approximate surface area is 149 Å². The lowest BCUT2D eigenvalue weighted by atomic mass is 10.3. The monoisotopic (exact) mass is 365 g/mol. The van der Waals surface area contributed by atoms with E-state index in [-0.39, 0.29) is 11.8 Å². The van der Waals surface area contributed by atoms with Crippen LogP contribution in [0.1, 0.15) is 26.0 Å². The Morgan fingerprint density at radius 3 is 2.88 bits per heavy atom. The molecule has 0 fully saturated rings. The Morgan fingerprint density at radius 2 is 2.20 bits per heavy atom. The molecule has 0 saturated carbocycles. The molecular formula is C17H27N5O2S. The highest BCUT2D eigenvalue weighted by molar-refractivity contribution is 7.90. The lowest BCUT2D eigenvalue weighted by Gasteiger charge is -2.17. The molecule has 0 spiro atoms. The number of nitrogens with one attached hydrogen (secondary N) is 2. The first kappa shape index (κ1) is 19.2. The van der Waals surface area contributed by atoms with Crippen molar-refractivity contribution >= 4 is 21.4 Å². The van der Waals surface area contributed by atoms with Gasteiger partial charge in [-0.1, -0.05) is 6.07 Å². The number of rotatable bonds is 8. The van der Waals surface area contributed by atoms with Crippen LogP contribution in [0.15, 0.2) is 35.6 Å². The van der Waals surface area contributed by atoms with Crippen molar-refractivity contribution in [2.45, 2.75) is 32.7 Å². The Bertz CT molecular complexity index is 780. The fourth-order valence-electron chi connectivity index (χ4n) is 2.41. The topological polar surface area (TPSA) is 87.9 Å². The summed E-state index contributed by atoms with van der Waals surface area (Å²) in [7, 11) is -2.94. The van der Waals surface area contributed by atoms with Gasteiger partial charge in [-0.25, -0.2) is 13.4 Å². The van der Waals surface area contributed by atoms with Crippen molar-refractivity contribution in [3.05, 3.63) is 36.3 Å². The molecule has 2 rings (SSSR count). The average molecular weight is 366 g/mol. The fourth-order valence-corrected chi connectivity index (χ4v) is 3.19. The quantitative estimate of drug-likeness (QED) is 0.543. The minimum Gasteiger partial charge on any atom is -0.357 e. The second-order valence-corrected chi connectivity index (χ2v) is 8.43. The van der Waals surface area contributed by atoms with Crippen LogP contribution in [0.2, 0.25) is 0 Å². The van der Waals surface area contributed by atoms with Crippen molar-refractivity contribution in [2.24, 2.45) is 4.99 Å². The summed E-state index contributed by atoms with van der Waals surface area (Å²) in [5.41, 5.74) is 1.93. The van der Waals surface area contributed by atoms with Gasteiger partial charge in [0.1, 0.15) is 15.5 Å². The summed E-state index contributed by atoms with van der Waals surface area (Å²) in [5.74, 6) is 0.870. The molecule has 0 saturated heterocycles. The zero-order chi connectivity index (χ0) is 18.3. The van der Waals surface area contributed by atoms with Crippen LogP contribution >= 0.6 is 0 Å². The van der Waals surface area contributed by atoms with Gasteiger partial charge in [0, 0.05) is 44.2 Å². The summed E-state index contributed by atoms with van der Waals surface area (Å²) >= 11 is 0. The number of nitrogens with zero attached hydrogens (tertiary/aromatic N) is 3. The van der Waals surface area contributed by atoms with Gasteiger partial charge in [0.2, 0.25) is 0 Å². The van der Waals surface area contributed by atoms with E-state index < -0.39 is 9.84 Å². The van der Waals surface area contributed by atoms with Crippen LogP contribution < -0.4 is 10.6 Å². The number of aromatic nitrogens is 2. The average Bonchev–Trinajstić information content (AvgIpc) is 2.95.